The van der Waals surface area contributed by atoms with Crippen molar-refractivity contribution in [2.45, 2.75) is 12.5 Å². The molecule has 1 atom stereocenters. The summed E-state index contributed by atoms with van der Waals surface area (Å²) in [5.41, 5.74) is 0.204. The van der Waals surface area contributed by atoms with Crippen molar-refractivity contribution in [3.63, 3.8) is 0 Å². The van der Waals surface area contributed by atoms with Gasteiger partial charge in [-0.05, 0) is 28.1 Å². The summed E-state index contributed by atoms with van der Waals surface area (Å²) >= 11 is 3.28. The summed E-state index contributed by atoms with van der Waals surface area (Å²) in [6, 6.07) is 1.79. The highest BCUT2D eigenvalue weighted by Gasteiger charge is 2.21. The Kier molecular flexibility index (Phi) is 6.06. The van der Waals surface area contributed by atoms with Crippen LogP contribution in [0.1, 0.15) is 16.8 Å². The molecule has 0 aliphatic rings. The Bertz CT molecular complexity index is 569. The van der Waals surface area contributed by atoms with Crippen LogP contribution in [-0.2, 0) is 4.79 Å². The Morgan fingerprint density at radius 1 is 1.38 bits per heavy atom. The van der Waals surface area contributed by atoms with Gasteiger partial charge in [0.2, 0.25) is 0 Å². The van der Waals surface area contributed by atoms with Crippen LogP contribution in [0.25, 0.3) is 0 Å². The lowest BCUT2D eigenvalue weighted by Gasteiger charge is -2.14. The minimum Gasteiger partial charge on any atom is -0.495 e. The number of carboxylic acids is 1. The van der Waals surface area contributed by atoms with Gasteiger partial charge in [-0.2, -0.15) is 0 Å². The molecule has 0 saturated heterocycles. The molecule has 2 N–H and O–H groups in total. The average Bonchev–Trinajstić information content (AvgIpc) is 2.46. The van der Waals surface area contributed by atoms with Crippen molar-refractivity contribution in [2.75, 3.05) is 14.2 Å². The summed E-state index contributed by atoms with van der Waals surface area (Å²) in [6.07, 6.45) is 4.98. The van der Waals surface area contributed by atoms with E-state index in [0.717, 1.165) is 0 Å². The van der Waals surface area contributed by atoms with Crippen LogP contribution < -0.4 is 14.8 Å². The fourth-order valence-corrected chi connectivity index (χ4v) is 2.11. The lowest BCUT2D eigenvalue weighted by molar-refractivity contribution is -0.139. The SMILES string of the molecule is C#CCC(NC(=O)c1cc(OC)c(Br)c(OC)c1)C(=O)O. The van der Waals surface area contributed by atoms with Crippen LogP contribution >= 0.6 is 15.9 Å². The maximum absolute atomic E-state index is 12.1. The summed E-state index contributed by atoms with van der Waals surface area (Å²) in [6.45, 7) is 0. The second kappa shape index (κ2) is 7.55. The Balaban J connectivity index is 3.07. The van der Waals surface area contributed by atoms with Gasteiger partial charge >= 0.3 is 5.97 Å². The van der Waals surface area contributed by atoms with E-state index in [1.54, 1.807) is 0 Å². The molecular weight excluding hydrogens is 342 g/mol. The Morgan fingerprint density at radius 3 is 2.29 bits per heavy atom. The standard InChI is InChI=1S/C14H14BrNO5/c1-4-5-9(14(18)19)16-13(17)8-6-10(20-2)12(15)11(7-8)21-3/h1,6-7,9H,5H2,2-3H3,(H,16,17)(H,18,19). The number of amides is 1. The lowest BCUT2D eigenvalue weighted by atomic mass is 10.1. The number of methoxy groups -OCH3 is 2. The molecule has 0 aliphatic heterocycles. The number of aliphatic carboxylic acids is 1. The molecule has 1 rings (SSSR count). The number of carboxylic acid groups (broad SMARTS) is 1. The van der Waals surface area contributed by atoms with Crippen LogP contribution in [0, 0.1) is 12.3 Å². The normalized spacial score (nSPS) is 11.1. The van der Waals surface area contributed by atoms with Gasteiger partial charge in [0.15, 0.2) is 0 Å². The molecule has 0 bridgehead atoms. The van der Waals surface area contributed by atoms with E-state index in [1.165, 1.54) is 26.4 Å². The van der Waals surface area contributed by atoms with E-state index < -0.39 is 17.9 Å². The van der Waals surface area contributed by atoms with E-state index >= 15 is 0 Å². The van der Waals surface area contributed by atoms with Gasteiger partial charge in [-0.25, -0.2) is 4.79 Å². The number of ether oxygens (including phenoxy) is 2. The topological polar surface area (TPSA) is 84.9 Å². The smallest absolute Gasteiger partial charge is 0.327 e. The Hall–Kier alpha value is -2.20. The predicted molar refractivity (Wildman–Crippen MR) is 79.6 cm³/mol. The third-order valence-corrected chi connectivity index (χ3v) is 3.41. The fourth-order valence-electron chi connectivity index (χ4n) is 1.56. The van der Waals surface area contributed by atoms with Gasteiger partial charge in [0.05, 0.1) is 14.2 Å². The number of benzene rings is 1. The molecule has 21 heavy (non-hydrogen) atoms. The van der Waals surface area contributed by atoms with Crippen LogP contribution in [0.5, 0.6) is 11.5 Å². The minimum atomic E-state index is -1.20. The molecule has 0 heterocycles. The summed E-state index contributed by atoms with van der Waals surface area (Å²) in [4.78, 5) is 23.1. The van der Waals surface area contributed by atoms with Crippen LogP contribution in [-0.4, -0.2) is 37.2 Å². The fraction of sp³-hybridized carbons (Fsp3) is 0.286. The molecule has 0 aliphatic carbocycles. The van der Waals surface area contributed by atoms with Crippen molar-refractivity contribution in [1.29, 1.82) is 0 Å². The number of hydrogen-bond acceptors (Lipinski definition) is 4. The second-order valence-corrected chi connectivity index (χ2v) is 4.76. The van der Waals surface area contributed by atoms with Gasteiger partial charge in [-0.3, -0.25) is 4.79 Å². The predicted octanol–water partition coefficient (Wildman–Crippen LogP) is 1.67. The molecular formula is C14H14BrNO5. The Morgan fingerprint density at radius 2 is 1.90 bits per heavy atom. The van der Waals surface area contributed by atoms with E-state index in [-0.39, 0.29) is 12.0 Å². The first kappa shape index (κ1) is 16.9. The molecule has 6 nitrogen and oxygen atoms in total. The summed E-state index contributed by atoms with van der Waals surface area (Å²) in [5.74, 6) is 1.21. The van der Waals surface area contributed by atoms with E-state index in [1.807, 2.05) is 0 Å². The molecule has 1 amide bonds. The maximum atomic E-state index is 12.1. The highest BCUT2D eigenvalue weighted by Crippen LogP contribution is 2.35. The number of hydrogen-bond donors (Lipinski definition) is 2. The zero-order chi connectivity index (χ0) is 16.0. The van der Waals surface area contributed by atoms with Crippen LogP contribution in [0.3, 0.4) is 0 Å². The van der Waals surface area contributed by atoms with Crippen LogP contribution in [0.4, 0.5) is 0 Å². The molecule has 1 aromatic carbocycles. The third-order valence-electron chi connectivity index (χ3n) is 2.63. The quantitative estimate of drug-likeness (QED) is 0.758. The molecule has 0 aromatic heterocycles. The molecule has 1 unspecified atom stereocenters. The summed E-state index contributed by atoms with van der Waals surface area (Å²) < 4.78 is 10.8. The maximum Gasteiger partial charge on any atom is 0.327 e. The van der Waals surface area contributed by atoms with Gasteiger partial charge < -0.3 is 19.9 Å². The number of nitrogens with one attached hydrogen (secondary N) is 1. The van der Waals surface area contributed by atoms with Crippen molar-refractivity contribution in [1.82, 2.24) is 5.32 Å². The van der Waals surface area contributed by atoms with Crippen molar-refractivity contribution >= 4 is 27.8 Å². The monoisotopic (exact) mass is 355 g/mol. The van der Waals surface area contributed by atoms with Gasteiger partial charge in [-0.15, -0.1) is 12.3 Å². The van der Waals surface area contributed by atoms with Crippen molar-refractivity contribution in [3.8, 4) is 23.8 Å². The molecule has 0 spiro atoms. The highest BCUT2D eigenvalue weighted by atomic mass is 79.9. The zero-order valence-corrected chi connectivity index (χ0v) is 13.1. The number of carbonyl (C=O) groups is 2. The van der Waals surface area contributed by atoms with E-state index in [2.05, 4.69) is 27.2 Å². The van der Waals surface area contributed by atoms with E-state index in [9.17, 15) is 9.59 Å². The molecule has 7 heteroatoms. The first-order valence-corrected chi connectivity index (χ1v) is 6.62. The van der Waals surface area contributed by atoms with E-state index in [4.69, 9.17) is 21.0 Å². The van der Waals surface area contributed by atoms with Crippen LogP contribution in [0.15, 0.2) is 16.6 Å². The van der Waals surface area contributed by atoms with Crippen molar-refractivity contribution < 1.29 is 24.2 Å². The molecule has 0 radical (unpaired) electrons. The molecule has 112 valence electrons. The third kappa shape index (κ3) is 4.13. The first-order chi connectivity index (χ1) is 9.94. The lowest BCUT2D eigenvalue weighted by Crippen LogP contribution is -2.40. The van der Waals surface area contributed by atoms with Gasteiger partial charge in [-0.1, -0.05) is 0 Å². The largest absolute Gasteiger partial charge is 0.495 e. The van der Waals surface area contributed by atoms with Crippen molar-refractivity contribution in [3.05, 3.63) is 22.2 Å². The van der Waals surface area contributed by atoms with Crippen molar-refractivity contribution in [2.24, 2.45) is 0 Å². The average molecular weight is 356 g/mol. The molecule has 1 aromatic rings. The molecule has 0 saturated carbocycles. The zero-order valence-electron chi connectivity index (χ0n) is 11.5. The number of rotatable bonds is 6. The number of terminal acetylenes is 1. The van der Waals surface area contributed by atoms with Gasteiger partial charge in [0, 0.05) is 12.0 Å². The first-order valence-electron chi connectivity index (χ1n) is 5.83. The summed E-state index contributed by atoms with van der Waals surface area (Å²) in [7, 11) is 2.89. The number of carbonyl (C=O) groups excluding carboxylic acids is 1. The minimum absolute atomic E-state index is 0.105. The van der Waals surface area contributed by atoms with Gasteiger partial charge in [0.1, 0.15) is 22.0 Å². The van der Waals surface area contributed by atoms with E-state index in [0.29, 0.717) is 16.0 Å². The summed E-state index contributed by atoms with van der Waals surface area (Å²) in [5, 5.41) is 11.3. The van der Waals surface area contributed by atoms with Crippen LogP contribution in [0.2, 0.25) is 0 Å². The highest BCUT2D eigenvalue weighted by molar-refractivity contribution is 9.10. The second-order valence-electron chi connectivity index (χ2n) is 3.97. The Labute approximate surface area is 130 Å². The van der Waals surface area contributed by atoms with Gasteiger partial charge in [0.25, 0.3) is 5.91 Å². The number of halogens is 1. The molecule has 0 fully saturated rings.